The largest absolute Gasteiger partial charge is 0.363 e. The molecule has 0 radical (unpaired) electrons. The van der Waals surface area contributed by atoms with Crippen LogP contribution in [0, 0.1) is 11.3 Å². The minimum absolute atomic E-state index is 0.184. The summed E-state index contributed by atoms with van der Waals surface area (Å²) < 4.78 is 3.37. The number of hydrogen-bond acceptors (Lipinski definition) is 6. The zero-order chi connectivity index (χ0) is 24.2. The van der Waals surface area contributed by atoms with E-state index in [-0.39, 0.29) is 11.9 Å². The smallest absolute Gasteiger partial charge is 0.272 e. The maximum atomic E-state index is 12.7. The Hall–Kier alpha value is -4.16. The summed E-state index contributed by atoms with van der Waals surface area (Å²) in [5.74, 6) is 0.571. The molecule has 0 aliphatic carbocycles. The predicted molar refractivity (Wildman–Crippen MR) is 130 cm³/mol. The fraction of sp³-hybridized carbons (Fsp3) is 0.208. The van der Waals surface area contributed by atoms with Gasteiger partial charge in [-0.15, -0.1) is 0 Å². The summed E-state index contributed by atoms with van der Waals surface area (Å²) in [5.41, 5.74) is 3.06. The number of amides is 1. The van der Waals surface area contributed by atoms with E-state index in [1.54, 1.807) is 40.0 Å². The quantitative estimate of drug-likeness (QED) is 0.439. The third kappa shape index (κ3) is 5.08. The van der Waals surface area contributed by atoms with E-state index >= 15 is 0 Å². The molecule has 34 heavy (non-hydrogen) atoms. The van der Waals surface area contributed by atoms with Crippen molar-refractivity contribution in [2.75, 3.05) is 19.0 Å². The van der Waals surface area contributed by atoms with Crippen molar-refractivity contribution >= 4 is 23.3 Å². The van der Waals surface area contributed by atoms with Crippen molar-refractivity contribution in [3.05, 3.63) is 77.3 Å². The first-order valence-electron chi connectivity index (χ1n) is 10.6. The Morgan fingerprint density at radius 1 is 1.18 bits per heavy atom. The number of nitrogens with one attached hydrogen (secondary N) is 1. The van der Waals surface area contributed by atoms with Crippen molar-refractivity contribution in [3.63, 3.8) is 0 Å². The Balaban J connectivity index is 1.37. The lowest BCUT2D eigenvalue weighted by atomic mass is 10.1. The maximum Gasteiger partial charge on any atom is 0.272 e. The molecule has 10 heteroatoms. The zero-order valence-electron chi connectivity index (χ0n) is 19.0. The van der Waals surface area contributed by atoms with Crippen LogP contribution in [0.1, 0.15) is 23.0 Å². The van der Waals surface area contributed by atoms with Gasteiger partial charge in [-0.1, -0.05) is 17.7 Å². The SMILES string of the molecule is C[C@@H](Cn1ccc(-c2ccc(C#N)c(Cl)c2)n1)NC(=O)c1ccn(-c2ccc(N(C)C)nc2)n1. The van der Waals surface area contributed by atoms with Crippen LogP contribution >= 0.6 is 11.6 Å². The van der Waals surface area contributed by atoms with Crippen molar-refractivity contribution in [1.82, 2.24) is 29.9 Å². The van der Waals surface area contributed by atoms with Crippen molar-refractivity contribution in [3.8, 4) is 23.0 Å². The number of rotatable bonds is 7. The highest BCUT2D eigenvalue weighted by molar-refractivity contribution is 6.32. The minimum Gasteiger partial charge on any atom is -0.363 e. The molecule has 0 bridgehead atoms. The Morgan fingerprint density at radius 2 is 2.00 bits per heavy atom. The van der Waals surface area contributed by atoms with Crippen molar-refractivity contribution in [2.24, 2.45) is 0 Å². The Labute approximate surface area is 202 Å². The van der Waals surface area contributed by atoms with Crippen molar-refractivity contribution < 1.29 is 4.79 Å². The number of nitrogens with zero attached hydrogens (tertiary/aromatic N) is 7. The summed E-state index contributed by atoms with van der Waals surface area (Å²) in [5, 5.41) is 21.3. The fourth-order valence-electron chi connectivity index (χ4n) is 3.37. The van der Waals surface area contributed by atoms with Crippen LogP contribution in [0.3, 0.4) is 0 Å². The van der Waals surface area contributed by atoms with Gasteiger partial charge in [0.15, 0.2) is 5.69 Å². The highest BCUT2D eigenvalue weighted by atomic mass is 35.5. The van der Waals surface area contributed by atoms with Crippen LogP contribution < -0.4 is 10.2 Å². The molecular weight excluding hydrogens is 452 g/mol. The van der Waals surface area contributed by atoms with Gasteiger partial charge in [0.1, 0.15) is 11.9 Å². The number of carbonyl (C=O) groups is 1. The van der Waals surface area contributed by atoms with Gasteiger partial charge in [-0.2, -0.15) is 15.5 Å². The van der Waals surface area contributed by atoms with Crippen molar-refractivity contribution in [1.29, 1.82) is 5.26 Å². The summed E-state index contributed by atoms with van der Waals surface area (Å²) >= 11 is 6.13. The topological polar surface area (TPSA) is 105 Å². The molecule has 0 aliphatic rings. The molecule has 0 saturated carbocycles. The molecule has 0 spiro atoms. The molecule has 0 saturated heterocycles. The normalized spacial score (nSPS) is 11.6. The van der Waals surface area contributed by atoms with Crippen LogP contribution in [0.2, 0.25) is 5.02 Å². The third-order valence-corrected chi connectivity index (χ3v) is 5.45. The number of hydrogen-bond donors (Lipinski definition) is 1. The Kier molecular flexibility index (Phi) is 6.61. The van der Waals surface area contributed by atoms with E-state index in [1.165, 1.54) is 0 Å². The molecular formula is C24H23ClN8O. The molecule has 1 N–H and O–H groups in total. The number of pyridine rings is 1. The molecule has 0 fully saturated rings. The average Bonchev–Trinajstić information content (AvgIpc) is 3.49. The maximum absolute atomic E-state index is 12.7. The Bertz CT molecular complexity index is 1350. The van der Waals surface area contributed by atoms with E-state index < -0.39 is 0 Å². The zero-order valence-corrected chi connectivity index (χ0v) is 19.7. The van der Waals surface area contributed by atoms with Gasteiger partial charge in [0.2, 0.25) is 0 Å². The molecule has 4 aromatic rings. The van der Waals surface area contributed by atoms with E-state index in [4.69, 9.17) is 16.9 Å². The van der Waals surface area contributed by atoms with Crippen LogP contribution in [-0.2, 0) is 6.54 Å². The van der Waals surface area contributed by atoms with Crippen molar-refractivity contribution in [2.45, 2.75) is 19.5 Å². The average molecular weight is 475 g/mol. The predicted octanol–water partition coefficient (Wildman–Crippen LogP) is 3.54. The van der Waals surface area contributed by atoms with Gasteiger partial charge in [0.05, 0.1) is 34.7 Å². The lowest BCUT2D eigenvalue weighted by Crippen LogP contribution is -2.36. The number of carbonyl (C=O) groups excluding carboxylic acids is 1. The number of halogens is 1. The standard InChI is InChI=1S/C24H23ClN8O/c1-16(15-32-10-8-21(29-32)17-4-5-18(13-26)20(25)12-17)28-24(34)22-9-11-33(30-22)19-6-7-23(27-14-19)31(2)3/h4-12,14,16H,15H2,1-3H3,(H,28,34)/t16-/m0/s1. The summed E-state index contributed by atoms with van der Waals surface area (Å²) in [7, 11) is 3.85. The van der Waals surface area contributed by atoms with E-state index in [1.807, 2.05) is 62.5 Å². The molecule has 1 aromatic carbocycles. The second-order valence-electron chi connectivity index (χ2n) is 8.02. The molecule has 3 aromatic heterocycles. The molecule has 0 unspecified atom stereocenters. The monoisotopic (exact) mass is 474 g/mol. The molecule has 9 nitrogen and oxygen atoms in total. The van der Waals surface area contributed by atoms with Gasteiger partial charge in [0.25, 0.3) is 5.91 Å². The molecule has 1 amide bonds. The number of anilines is 1. The minimum atomic E-state index is -0.268. The van der Waals surface area contributed by atoms with Gasteiger partial charge >= 0.3 is 0 Å². The van der Waals surface area contributed by atoms with Gasteiger partial charge < -0.3 is 10.2 Å². The summed E-state index contributed by atoms with van der Waals surface area (Å²) in [6.07, 6.45) is 5.28. The second-order valence-corrected chi connectivity index (χ2v) is 8.43. The van der Waals surface area contributed by atoms with E-state index in [9.17, 15) is 4.79 Å². The summed E-state index contributed by atoms with van der Waals surface area (Å²) in [6, 6.07) is 14.4. The van der Waals surface area contributed by atoms with Crippen LogP contribution in [0.4, 0.5) is 5.82 Å². The van der Waals surface area contributed by atoms with Gasteiger partial charge in [-0.25, -0.2) is 9.67 Å². The number of nitriles is 1. The van der Waals surface area contributed by atoms with E-state index in [0.29, 0.717) is 22.8 Å². The lowest BCUT2D eigenvalue weighted by molar-refractivity contribution is 0.0930. The van der Waals surface area contributed by atoms with Crippen LogP contribution in [0.15, 0.2) is 61.1 Å². The molecule has 4 rings (SSSR count). The van der Waals surface area contributed by atoms with Gasteiger partial charge in [0, 0.05) is 38.1 Å². The Morgan fingerprint density at radius 3 is 2.68 bits per heavy atom. The van der Waals surface area contributed by atoms with E-state index in [0.717, 1.165) is 22.8 Å². The number of aromatic nitrogens is 5. The molecule has 3 heterocycles. The third-order valence-electron chi connectivity index (χ3n) is 5.14. The summed E-state index contributed by atoms with van der Waals surface area (Å²) in [6.45, 7) is 2.38. The van der Waals surface area contributed by atoms with Gasteiger partial charge in [-0.05, 0) is 43.3 Å². The summed E-state index contributed by atoms with van der Waals surface area (Å²) in [4.78, 5) is 19.0. The lowest BCUT2D eigenvalue weighted by Gasteiger charge is -2.13. The van der Waals surface area contributed by atoms with Crippen LogP contribution in [-0.4, -0.2) is 50.6 Å². The van der Waals surface area contributed by atoms with Crippen LogP contribution in [0.25, 0.3) is 16.9 Å². The second kappa shape index (κ2) is 9.77. The molecule has 1 atom stereocenters. The molecule has 0 aliphatic heterocycles. The first kappa shape index (κ1) is 23.0. The van der Waals surface area contributed by atoms with E-state index in [2.05, 4.69) is 20.5 Å². The highest BCUT2D eigenvalue weighted by Crippen LogP contribution is 2.24. The molecule has 172 valence electrons. The van der Waals surface area contributed by atoms with Gasteiger partial charge in [-0.3, -0.25) is 9.48 Å². The number of benzene rings is 1. The first-order valence-corrected chi connectivity index (χ1v) is 11.0. The fourth-order valence-corrected chi connectivity index (χ4v) is 3.60. The van der Waals surface area contributed by atoms with Crippen LogP contribution in [0.5, 0.6) is 0 Å². The first-order chi connectivity index (χ1) is 16.3. The highest BCUT2D eigenvalue weighted by Gasteiger charge is 2.15.